The summed E-state index contributed by atoms with van der Waals surface area (Å²) in [6.07, 6.45) is 0. The molecule has 7 nitrogen and oxygen atoms in total. The summed E-state index contributed by atoms with van der Waals surface area (Å²) in [6, 6.07) is 19.7. The van der Waals surface area contributed by atoms with E-state index in [1.807, 2.05) is 26.8 Å². The van der Waals surface area contributed by atoms with E-state index in [1.54, 1.807) is 60.7 Å². The molecule has 37 heavy (non-hydrogen) atoms. The van der Waals surface area contributed by atoms with Gasteiger partial charge in [-0.3, -0.25) is 14.5 Å². The zero-order chi connectivity index (χ0) is 26.7. The fourth-order valence-corrected chi connectivity index (χ4v) is 4.54. The summed E-state index contributed by atoms with van der Waals surface area (Å²) in [6.45, 7) is 6.42. The second kappa shape index (κ2) is 10.7. The Bertz CT molecular complexity index is 1380. The van der Waals surface area contributed by atoms with Gasteiger partial charge in [0.25, 0.3) is 11.7 Å². The predicted octanol–water partition coefficient (Wildman–Crippen LogP) is 5.62. The van der Waals surface area contributed by atoms with Crippen LogP contribution in [0.4, 0.5) is 5.69 Å². The molecule has 7 heteroatoms. The minimum atomic E-state index is -0.900. The Hall–Kier alpha value is -4.39. The van der Waals surface area contributed by atoms with Crippen LogP contribution in [0.1, 0.15) is 59.8 Å². The quantitative estimate of drug-likeness (QED) is 0.196. The van der Waals surface area contributed by atoms with Crippen LogP contribution in [0, 0.1) is 0 Å². The second-order valence-corrected chi connectivity index (χ2v) is 8.96. The maximum absolute atomic E-state index is 13.4. The first-order chi connectivity index (χ1) is 17.8. The fourth-order valence-electron chi connectivity index (χ4n) is 4.54. The van der Waals surface area contributed by atoms with Gasteiger partial charge in [0.05, 0.1) is 30.9 Å². The topological polar surface area (TPSA) is 93.1 Å². The maximum atomic E-state index is 13.4. The van der Waals surface area contributed by atoms with E-state index < -0.39 is 23.7 Å². The van der Waals surface area contributed by atoms with Crippen LogP contribution in [-0.2, 0) is 14.3 Å². The van der Waals surface area contributed by atoms with Gasteiger partial charge in [0.2, 0.25) is 0 Å². The van der Waals surface area contributed by atoms with E-state index in [0.29, 0.717) is 29.2 Å². The summed E-state index contributed by atoms with van der Waals surface area (Å²) in [5.41, 5.74) is 2.48. The van der Waals surface area contributed by atoms with Crippen molar-refractivity contribution in [3.05, 3.63) is 101 Å². The van der Waals surface area contributed by atoms with E-state index in [9.17, 15) is 19.5 Å². The molecule has 3 aromatic rings. The molecule has 1 heterocycles. The highest BCUT2D eigenvalue weighted by atomic mass is 16.5. The smallest absolute Gasteiger partial charge is 0.337 e. The summed E-state index contributed by atoms with van der Waals surface area (Å²) in [4.78, 5) is 40.3. The minimum Gasteiger partial charge on any atom is -0.507 e. The van der Waals surface area contributed by atoms with Crippen LogP contribution in [0.15, 0.2) is 78.4 Å². The largest absolute Gasteiger partial charge is 0.507 e. The van der Waals surface area contributed by atoms with E-state index in [0.717, 1.165) is 5.56 Å². The van der Waals surface area contributed by atoms with Crippen molar-refractivity contribution in [2.45, 2.75) is 32.7 Å². The van der Waals surface area contributed by atoms with Crippen molar-refractivity contribution in [3.8, 4) is 5.75 Å². The Kier molecular flexibility index (Phi) is 7.43. The number of carbonyl (C=O) groups excluding carboxylic acids is 3. The molecule has 1 amide bonds. The number of carbonyl (C=O) groups is 3. The highest BCUT2D eigenvalue weighted by molar-refractivity contribution is 6.51. The van der Waals surface area contributed by atoms with Crippen molar-refractivity contribution in [2.75, 3.05) is 18.6 Å². The number of aliphatic hydroxyl groups excluding tert-OH is 1. The number of anilines is 1. The lowest BCUT2D eigenvalue weighted by Gasteiger charge is -2.26. The van der Waals surface area contributed by atoms with Crippen molar-refractivity contribution >= 4 is 29.1 Å². The van der Waals surface area contributed by atoms with E-state index in [1.165, 1.54) is 18.1 Å². The van der Waals surface area contributed by atoms with E-state index in [4.69, 9.17) is 9.47 Å². The molecular formula is C30H29NO6. The third-order valence-electron chi connectivity index (χ3n) is 6.31. The van der Waals surface area contributed by atoms with Gasteiger partial charge in [0.15, 0.2) is 0 Å². The lowest BCUT2D eigenvalue weighted by Crippen LogP contribution is -2.29. The molecule has 190 valence electrons. The molecule has 3 aromatic carbocycles. The third kappa shape index (κ3) is 4.85. The molecule has 0 bridgehead atoms. The van der Waals surface area contributed by atoms with Crippen molar-refractivity contribution in [3.63, 3.8) is 0 Å². The van der Waals surface area contributed by atoms with E-state index >= 15 is 0 Å². The first kappa shape index (κ1) is 25.7. The second-order valence-electron chi connectivity index (χ2n) is 8.96. The van der Waals surface area contributed by atoms with Gasteiger partial charge in [-0.25, -0.2) is 4.79 Å². The zero-order valence-electron chi connectivity index (χ0n) is 21.2. The van der Waals surface area contributed by atoms with Gasteiger partial charge in [-0.2, -0.15) is 0 Å². The molecule has 1 aliphatic heterocycles. The lowest BCUT2D eigenvalue weighted by molar-refractivity contribution is -0.132. The first-order valence-electron chi connectivity index (χ1n) is 12.1. The Morgan fingerprint density at radius 3 is 2.35 bits per heavy atom. The number of aliphatic hydroxyl groups is 1. The van der Waals surface area contributed by atoms with Gasteiger partial charge in [-0.1, -0.05) is 50.2 Å². The van der Waals surface area contributed by atoms with Gasteiger partial charge in [-0.05, 0) is 60.4 Å². The standard InChI is InChI=1S/C30H29NO6/c1-5-37-24-15-14-20(17-23(24)18(2)3)27(32)25-26(19-10-7-6-8-11-19)31(29(34)28(25)33)22-13-9-12-21(16-22)30(35)36-4/h6-18,26,32H,5H2,1-4H3/b27-25-. The highest BCUT2D eigenvalue weighted by Gasteiger charge is 2.47. The molecule has 0 aliphatic carbocycles. The number of ketones is 1. The van der Waals surface area contributed by atoms with Crippen molar-refractivity contribution in [1.29, 1.82) is 0 Å². The number of esters is 1. The van der Waals surface area contributed by atoms with Crippen molar-refractivity contribution in [2.24, 2.45) is 0 Å². The van der Waals surface area contributed by atoms with Crippen LogP contribution in [0.2, 0.25) is 0 Å². The molecule has 1 N–H and O–H groups in total. The molecule has 1 aliphatic rings. The summed E-state index contributed by atoms with van der Waals surface area (Å²) < 4.78 is 10.6. The van der Waals surface area contributed by atoms with Crippen LogP contribution in [-0.4, -0.2) is 36.5 Å². The van der Waals surface area contributed by atoms with E-state index in [-0.39, 0.29) is 22.8 Å². The molecule has 4 rings (SSSR count). The maximum Gasteiger partial charge on any atom is 0.337 e. The third-order valence-corrected chi connectivity index (χ3v) is 6.31. The van der Waals surface area contributed by atoms with Gasteiger partial charge in [-0.15, -0.1) is 0 Å². The Morgan fingerprint density at radius 2 is 1.70 bits per heavy atom. The monoisotopic (exact) mass is 499 g/mol. The van der Waals surface area contributed by atoms with Gasteiger partial charge in [0.1, 0.15) is 11.5 Å². The molecule has 1 saturated heterocycles. The van der Waals surface area contributed by atoms with Gasteiger partial charge in [0, 0.05) is 11.3 Å². The lowest BCUT2D eigenvalue weighted by atomic mass is 9.93. The number of nitrogens with zero attached hydrogens (tertiary/aromatic N) is 1. The number of Topliss-reactive ketones (excluding diaryl/α,β-unsaturated/α-hetero) is 1. The SMILES string of the molecule is CCOc1ccc(/C(O)=C2/C(=O)C(=O)N(c3cccc(C(=O)OC)c3)C2c2ccccc2)cc1C(C)C. The van der Waals surface area contributed by atoms with Crippen LogP contribution in [0.5, 0.6) is 5.75 Å². The Morgan fingerprint density at radius 1 is 0.973 bits per heavy atom. The molecule has 0 spiro atoms. The number of benzene rings is 3. The Labute approximate surface area is 215 Å². The van der Waals surface area contributed by atoms with Crippen LogP contribution < -0.4 is 9.64 Å². The van der Waals surface area contributed by atoms with Gasteiger partial charge < -0.3 is 14.6 Å². The van der Waals surface area contributed by atoms with Crippen LogP contribution in [0.25, 0.3) is 5.76 Å². The number of hydrogen-bond acceptors (Lipinski definition) is 6. The fraction of sp³-hybridized carbons (Fsp3) is 0.233. The van der Waals surface area contributed by atoms with Gasteiger partial charge >= 0.3 is 5.97 Å². The molecule has 0 aromatic heterocycles. The zero-order valence-corrected chi connectivity index (χ0v) is 21.2. The molecule has 1 atom stereocenters. The summed E-state index contributed by atoms with van der Waals surface area (Å²) in [5.74, 6) is -1.65. The first-order valence-corrected chi connectivity index (χ1v) is 12.1. The Balaban J connectivity index is 1.92. The summed E-state index contributed by atoms with van der Waals surface area (Å²) >= 11 is 0. The van der Waals surface area contributed by atoms with Crippen molar-refractivity contribution in [1.82, 2.24) is 0 Å². The average Bonchev–Trinajstić information content (AvgIpc) is 3.18. The number of hydrogen-bond donors (Lipinski definition) is 1. The predicted molar refractivity (Wildman–Crippen MR) is 141 cm³/mol. The average molecular weight is 500 g/mol. The highest BCUT2D eigenvalue weighted by Crippen LogP contribution is 2.43. The number of rotatable bonds is 7. The minimum absolute atomic E-state index is 0.0291. The molecular weight excluding hydrogens is 470 g/mol. The van der Waals surface area contributed by atoms with Crippen molar-refractivity contribution < 1.29 is 29.0 Å². The van der Waals surface area contributed by atoms with Crippen LogP contribution in [0.3, 0.4) is 0 Å². The molecule has 1 unspecified atom stereocenters. The normalized spacial score (nSPS) is 16.8. The van der Waals surface area contributed by atoms with Crippen LogP contribution >= 0.6 is 0 Å². The molecule has 0 saturated carbocycles. The number of methoxy groups -OCH3 is 1. The molecule has 0 radical (unpaired) electrons. The summed E-state index contributed by atoms with van der Waals surface area (Å²) in [5, 5.41) is 11.5. The molecule has 1 fully saturated rings. The number of ether oxygens (including phenoxy) is 2. The number of amides is 1. The summed E-state index contributed by atoms with van der Waals surface area (Å²) in [7, 11) is 1.27. The van der Waals surface area contributed by atoms with E-state index in [2.05, 4.69) is 0 Å².